The zero-order valence-electron chi connectivity index (χ0n) is 18.7. The molecule has 0 saturated heterocycles. The predicted octanol–water partition coefficient (Wildman–Crippen LogP) is 5.74. The minimum atomic E-state index is -0.900. The lowest BCUT2D eigenvalue weighted by atomic mass is 10.1. The molecule has 2 aromatic rings. The second kappa shape index (κ2) is 12.5. The van der Waals surface area contributed by atoms with Crippen molar-refractivity contribution < 1.29 is 14.7 Å². The first-order valence-corrected chi connectivity index (χ1v) is 11.0. The molecule has 0 aliphatic heterocycles. The third-order valence-corrected chi connectivity index (χ3v) is 5.14. The van der Waals surface area contributed by atoms with Gasteiger partial charge in [0.25, 0.3) is 0 Å². The largest absolute Gasteiger partial charge is 0.478 e. The highest BCUT2D eigenvalue weighted by Crippen LogP contribution is 2.22. The summed E-state index contributed by atoms with van der Waals surface area (Å²) in [5.74, 6) is -0.327. The van der Waals surface area contributed by atoms with Crippen molar-refractivity contribution in [1.82, 2.24) is 10.3 Å². The van der Waals surface area contributed by atoms with E-state index in [1.54, 1.807) is 13.1 Å². The van der Waals surface area contributed by atoms with Crippen LogP contribution >= 0.6 is 0 Å². The number of pyridine rings is 1. The molecule has 6 heteroatoms. The number of amides is 2. The van der Waals surface area contributed by atoms with Crippen molar-refractivity contribution in [1.29, 1.82) is 0 Å². The molecule has 0 aliphatic carbocycles. The molecule has 31 heavy (non-hydrogen) atoms. The standard InChI is InChI=1S/C25H33N3O3/c1-4-6-7-8-9-17-26-25(31)28(3)23-12-10-11-22(27-23)21-15-13-19(14-16-21)18-20(5-2)24(29)30/h10-16,18H,4-9,17H2,1-3H3,(H,26,31)(H,29,30)/b20-18-. The van der Waals surface area contributed by atoms with Gasteiger partial charge in [0.05, 0.1) is 5.69 Å². The third-order valence-electron chi connectivity index (χ3n) is 5.14. The van der Waals surface area contributed by atoms with Crippen LogP contribution in [0.1, 0.15) is 57.9 Å². The molecule has 2 rings (SSSR count). The Morgan fingerprint density at radius 3 is 2.39 bits per heavy atom. The van der Waals surface area contributed by atoms with Crippen molar-refractivity contribution in [3.8, 4) is 11.3 Å². The number of nitrogens with one attached hydrogen (secondary N) is 1. The number of hydrogen-bond acceptors (Lipinski definition) is 3. The molecule has 1 aromatic carbocycles. The van der Waals surface area contributed by atoms with Gasteiger partial charge in [-0.25, -0.2) is 14.6 Å². The van der Waals surface area contributed by atoms with Crippen molar-refractivity contribution in [3.63, 3.8) is 0 Å². The fourth-order valence-electron chi connectivity index (χ4n) is 3.18. The van der Waals surface area contributed by atoms with E-state index in [0.29, 0.717) is 24.4 Å². The van der Waals surface area contributed by atoms with Gasteiger partial charge in [0, 0.05) is 24.7 Å². The van der Waals surface area contributed by atoms with Gasteiger partial charge >= 0.3 is 12.0 Å². The number of hydrogen-bond donors (Lipinski definition) is 2. The van der Waals surface area contributed by atoms with Crippen LogP contribution in [0.5, 0.6) is 0 Å². The smallest absolute Gasteiger partial charge is 0.331 e. The number of unbranched alkanes of at least 4 members (excludes halogenated alkanes) is 4. The molecular weight excluding hydrogens is 390 g/mol. The van der Waals surface area contributed by atoms with Crippen molar-refractivity contribution >= 4 is 23.9 Å². The minimum absolute atomic E-state index is 0.165. The number of aliphatic carboxylic acids is 1. The molecule has 0 spiro atoms. The van der Waals surface area contributed by atoms with Gasteiger partial charge in [-0.1, -0.05) is 69.9 Å². The number of carboxylic acids is 1. The van der Waals surface area contributed by atoms with E-state index in [1.165, 1.54) is 24.2 Å². The Balaban J connectivity index is 2.02. The molecule has 0 unspecified atom stereocenters. The molecule has 0 fully saturated rings. The summed E-state index contributed by atoms with van der Waals surface area (Å²) in [5.41, 5.74) is 2.85. The van der Waals surface area contributed by atoms with Gasteiger partial charge in [0.1, 0.15) is 5.82 Å². The second-order valence-corrected chi connectivity index (χ2v) is 7.54. The first-order valence-electron chi connectivity index (χ1n) is 11.0. The molecule has 0 aliphatic rings. The SMILES string of the molecule is CCCCCCCNC(=O)N(C)c1cccc(-c2ccc(/C=C(/CC)C(=O)O)cc2)n1. The van der Waals surface area contributed by atoms with E-state index in [4.69, 9.17) is 0 Å². The average molecular weight is 424 g/mol. The molecule has 1 aromatic heterocycles. The minimum Gasteiger partial charge on any atom is -0.478 e. The van der Waals surface area contributed by atoms with E-state index in [-0.39, 0.29) is 6.03 Å². The fraction of sp³-hybridized carbons (Fsp3) is 0.400. The van der Waals surface area contributed by atoms with Crippen molar-refractivity contribution in [2.24, 2.45) is 0 Å². The van der Waals surface area contributed by atoms with Crippen LogP contribution in [0.15, 0.2) is 48.0 Å². The number of nitrogens with zero attached hydrogens (tertiary/aromatic N) is 2. The highest BCUT2D eigenvalue weighted by Gasteiger charge is 2.12. The Hall–Kier alpha value is -3.15. The maximum Gasteiger partial charge on any atom is 0.331 e. The number of aromatic nitrogens is 1. The van der Waals surface area contributed by atoms with Gasteiger partial charge in [0.2, 0.25) is 0 Å². The van der Waals surface area contributed by atoms with Gasteiger partial charge in [-0.2, -0.15) is 0 Å². The van der Waals surface area contributed by atoms with E-state index in [1.807, 2.05) is 49.4 Å². The molecule has 0 atom stereocenters. The number of rotatable bonds is 11. The summed E-state index contributed by atoms with van der Waals surface area (Å²) >= 11 is 0. The molecule has 166 valence electrons. The van der Waals surface area contributed by atoms with Crippen LogP contribution in [-0.4, -0.2) is 35.7 Å². The summed E-state index contributed by atoms with van der Waals surface area (Å²) in [6, 6.07) is 13.0. The maximum atomic E-state index is 12.4. The summed E-state index contributed by atoms with van der Waals surface area (Å²) in [5, 5.41) is 12.1. The first kappa shape index (κ1) is 24.1. The third kappa shape index (κ3) is 7.55. The van der Waals surface area contributed by atoms with Crippen LogP contribution in [0.2, 0.25) is 0 Å². The van der Waals surface area contributed by atoms with Crippen LogP contribution < -0.4 is 10.2 Å². The lowest BCUT2D eigenvalue weighted by Crippen LogP contribution is -2.38. The second-order valence-electron chi connectivity index (χ2n) is 7.54. The van der Waals surface area contributed by atoms with Crippen LogP contribution in [0, 0.1) is 0 Å². The summed E-state index contributed by atoms with van der Waals surface area (Å²) in [7, 11) is 1.71. The number of carboxylic acid groups (broad SMARTS) is 1. The van der Waals surface area contributed by atoms with Gasteiger partial charge in [-0.05, 0) is 36.6 Å². The van der Waals surface area contributed by atoms with E-state index < -0.39 is 5.97 Å². The summed E-state index contributed by atoms with van der Waals surface area (Å²) in [6.45, 7) is 4.67. The van der Waals surface area contributed by atoms with Crippen LogP contribution in [-0.2, 0) is 4.79 Å². The lowest BCUT2D eigenvalue weighted by molar-refractivity contribution is -0.132. The molecule has 2 N–H and O–H groups in total. The van der Waals surface area contributed by atoms with E-state index in [2.05, 4.69) is 17.2 Å². The van der Waals surface area contributed by atoms with Gasteiger partial charge in [-0.3, -0.25) is 4.90 Å². The average Bonchev–Trinajstić information content (AvgIpc) is 2.79. The van der Waals surface area contributed by atoms with Crippen molar-refractivity contribution in [3.05, 3.63) is 53.6 Å². The molecule has 0 radical (unpaired) electrons. The number of urea groups is 1. The molecular formula is C25H33N3O3. The van der Waals surface area contributed by atoms with Crippen molar-refractivity contribution in [2.75, 3.05) is 18.5 Å². The van der Waals surface area contributed by atoms with Gasteiger partial charge < -0.3 is 10.4 Å². The van der Waals surface area contributed by atoms with Crippen LogP contribution in [0.4, 0.5) is 10.6 Å². The maximum absolute atomic E-state index is 12.4. The summed E-state index contributed by atoms with van der Waals surface area (Å²) in [4.78, 5) is 29.8. The van der Waals surface area contributed by atoms with Crippen LogP contribution in [0.25, 0.3) is 17.3 Å². The molecule has 0 bridgehead atoms. The highest BCUT2D eigenvalue weighted by atomic mass is 16.4. The Kier molecular flexibility index (Phi) is 9.75. The number of carbonyl (C=O) groups excluding carboxylic acids is 1. The number of benzene rings is 1. The summed E-state index contributed by atoms with van der Waals surface area (Å²) < 4.78 is 0. The zero-order valence-corrected chi connectivity index (χ0v) is 18.7. The highest BCUT2D eigenvalue weighted by molar-refractivity contribution is 5.92. The molecule has 1 heterocycles. The van der Waals surface area contributed by atoms with Crippen molar-refractivity contribution in [2.45, 2.75) is 52.4 Å². The first-order chi connectivity index (χ1) is 15.0. The molecule has 0 saturated carbocycles. The molecule has 6 nitrogen and oxygen atoms in total. The van der Waals surface area contributed by atoms with E-state index in [0.717, 1.165) is 29.7 Å². The van der Waals surface area contributed by atoms with E-state index >= 15 is 0 Å². The predicted molar refractivity (Wildman–Crippen MR) is 126 cm³/mol. The quantitative estimate of drug-likeness (QED) is 0.356. The Morgan fingerprint density at radius 2 is 1.74 bits per heavy atom. The van der Waals surface area contributed by atoms with Crippen LogP contribution in [0.3, 0.4) is 0 Å². The van der Waals surface area contributed by atoms with E-state index in [9.17, 15) is 14.7 Å². The number of anilines is 1. The lowest BCUT2D eigenvalue weighted by Gasteiger charge is -2.18. The zero-order chi connectivity index (χ0) is 22.6. The monoisotopic (exact) mass is 423 g/mol. The van der Waals surface area contributed by atoms with Gasteiger partial charge in [0.15, 0.2) is 0 Å². The Morgan fingerprint density at radius 1 is 1.03 bits per heavy atom. The van der Waals surface area contributed by atoms with Gasteiger partial charge in [-0.15, -0.1) is 0 Å². The topological polar surface area (TPSA) is 82.5 Å². The normalized spacial score (nSPS) is 11.3. The summed E-state index contributed by atoms with van der Waals surface area (Å²) in [6.07, 6.45) is 7.90. The Bertz CT molecular complexity index is 891. The number of carbonyl (C=O) groups is 2. The molecule has 2 amide bonds. The Labute approximate surface area is 185 Å². The fourth-order valence-corrected chi connectivity index (χ4v) is 3.18.